The van der Waals surface area contributed by atoms with E-state index in [1.807, 2.05) is 0 Å². The van der Waals surface area contributed by atoms with Gasteiger partial charge < -0.3 is 10.4 Å². The second-order valence-corrected chi connectivity index (χ2v) is 6.97. The minimum absolute atomic E-state index is 0.00536. The first kappa shape index (κ1) is 24.0. The van der Waals surface area contributed by atoms with E-state index >= 15 is 0 Å². The molecule has 12 heteroatoms. The van der Waals surface area contributed by atoms with Gasteiger partial charge in [0.1, 0.15) is 11.7 Å². The van der Waals surface area contributed by atoms with Crippen molar-refractivity contribution in [1.82, 2.24) is 20.1 Å². The third-order valence-electron chi connectivity index (χ3n) is 4.46. The van der Waals surface area contributed by atoms with Gasteiger partial charge in [-0.1, -0.05) is 24.3 Å². The van der Waals surface area contributed by atoms with Crippen molar-refractivity contribution in [2.45, 2.75) is 25.1 Å². The number of nitrogens with one attached hydrogen (secondary N) is 1. The van der Waals surface area contributed by atoms with E-state index in [1.54, 1.807) is 0 Å². The van der Waals surface area contributed by atoms with Crippen LogP contribution in [0.2, 0.25) is 0 Å². The smallest absolute Gasteiger partial charge is 0.385 e. The molecule has 1 unspecified atom stereocenters. The third-order valence-corrected chi connectivity index (χ3v) is 4.46. The van der Waals surface area contributed by atoms with E-state index in [-0.39, 0.29) is 16.9 Å². The highest BCUT2D eigenvalue weighted by atomic mass is 19.4. The van der Waals surface area contributed by atoms with Crippen LogP contribution in [0.25, 0.3) is 16.9 Å². The van der Waals surface area contributed by atoms with E-state index in [9.17, 15) is 36.6 Å². The van der Waals surface area contributed by atoms with Gasteiger partial charge in [-0.3, -0.25) is 14.6 Å². The van der Waals surface area contributed by atoms with Crippen molar-refractivity contribution in [1.29, 1.82) is 0 Å². The van der Waals surface area contributed by atoms with E-state index in [0.29, 0.717) is 5.56 Å². The predicted molar refractivity (Wildman–Crippen MR) is 107 cm³/mol. The van der Waals surface area contributed by atoms with Gasteiger partial charge in [0, 0.05) is 18.3 Å². The molecule has 7 nitrogen and oxygen atoms in total. The van der Waals surface area contributed by atoms with E-state index in [2.05, 4.69) is 15.4 Å². The largest absolute Gasteiger partial charge is 0.393 e. The molecule has 0 bridgehead atoms. The number of benzene rings is 1. The van der Waals surface area contributed by atoms with Crippen LogP contribution < -0.4 is 10.9 Å². The number of aromatic nitrogens is 3. The lowest BCUT2D eigenvalue weighted by Gasteiger charge is -2.13. The Hall–Kier alpha value is -3.67. The number of carbonyl (C=O) groups is 1. The zero-order valence-electron chi connectivity index (χ0n) is 16.8. The number of alkyl halides is 5. The Morgan fingerprint density at radius 3 is 2.42 bits per heavy atom. The lowest BCUT2D eigenvalue weighted by atomic mass is 10.1. The molecule has 1 amide bonds. The summed E-state index contributed by atoms with van der Waals surface area (Å²) >= 11 is 0. The molecule has 3 aromatic rings. The molecule has 2 heterocycles. The summed E-state index contributed by atoms with van der Waals surface area (Å²) in [5, 5.41) is 15.5. The molecule has 1 aromatic carbocycles. The Balaban J connectivity index is 2.03. The van der Waals surface area contributed by atoms with Crippen LogP contribution in [0, 0.1) is 0 Å². The highest BCUT2D eigenvalue weighted by molar-refractivity contribution is 5.94. The Bertz CT molecular complexity index is 1170. The first-order valence-electron chi connectivity index (χ1n) is 9.50. The standard InChI is InChI=1S/C21H17F5N4O3/c22-18(23)17(31)11-28-19(32)15-8-16(13-5-3-12(4-6-13)9-21(24,25)26)29-30(20(15)33)14-2-1-7-27-10-14/h1-8,10,17-18,31H,9,11H2,(H,28,32). The van der Waals surface area contributed by atoms with Gasteiger partial charge in [-0.2, -0.15) is 23.0 Å². The molecule has 3 rings (SSSR count). The summed E-state index contributed by atoms with van der Waals surface area (Å²) in [4.78, 5) is 29.3. The Morgan fingerprint density at radius 2 is 1.85 bits per heavy atom. The van der Waals surface area contributed by atoms with Crippen LogP contribution in [-0.4, -0.2) is 51.0 Å². The number of halogens is 5. The summed E-state index contributed by atoms with van der Waals surface area (Å²) in [7, 11) is 0. The zero-order valence-corrected chi connectivity index (χ0v) is 16.8. The van der Waals surface area contributed by atoms with Gasteiger partial charge in [0.15, 0.2) is 0 Å². The minimum Gasteiger partial charge on any atom is -0.385 e. The molecule has 0 aliphatic heterocycles. The van der Waals surface area contributed by atoms with Crippen molar-refractivity contribution in [3.63, 3.8) is 0 Å². The molecule has 174 valence electrons. The zero-order chi connectivity index (χ0) is 24.2. The molecule has 0 radical (unpaired) electrons. The fourth-order valence-corrected chi connectivity index (χ4v) is 2.86. The molecule has 0 aliphatic carbocycles. The summed E-state index contributed by atoms with van der Waals surface area (Å²) in [6, 6.07) is 9.28. The number of hydrogen-bond donors (Lipinski definition) is 2. The first-order valence-corrected chi connectivity index (χ1v) is 9.50. The fraction of sp³-hybridized carbons (Fsp3) is 0.238. The van der Waals surface area contributed by atoms with Crippen molar-refractivity contribution >= 4 is 5.91 Å². The summed E-state index contributed by atoms with van der Waals surface area (Å²) in [5.41, 5.74) is -0.781. The average Bonchev–Trinajstić information content (AvgIpc) is 2.77. The van der Waals surface area contributed by atoms with Crippen LogP contribution >= 0.6 is 0 Å². The number of pyridine rings is 1. The van der Waals surface area contributed by atoms with Gasteiger partial charge >= 0.3 is 6.18 Å². The maximum Gasteiger partial charge on any atom is 0.393 e. The van der Waals surface area contributed by atoms with Crippen LogP contribution in [0.15, 0.2) is 59.7 Å². The van der Waals surface area contributed by atoms with Gasteiger partial charge in [-0.25, -0.2) is 8.78 Å². The average molecular weight is 468 g/mol. The molecule has 0 saturated heterocycles. The molecule has 0 fully saturated rings. The van der Waals surface area contributed by atoms with Crippen LogP contribution in [0.1, 0.15) is 15.9 Å². The van der Waals surface area contributed by atoms with Crippen molar-refractivity contribution in [2.24, 2.45) is 0 Å². The maximum absolute atomic E-state index is 12.9. The Kier molecular flexibility index (Phi) is 7.16. The van der Waals surface area contributed by atoms with E-state index < -0.39 is 48.7 Å². The molecule has 33 heavy (non-hydrogen) atoms. The molecule has 2 aromatic heterocycles. The van der Waals surface area contributed by atoms with E-state index in [1.165, 1.54) is 48.8 Å². The summed E-state index contributed by atoms with van der Waals surface area (Å²) in [6.07, 6.45) is -8.00. The van der Waals surface area contributed by atoms with Crippen LogP contribution in [0.5, 0.6) is 0 Å². The van der Waals surface area contributed by atoms with Gasteiger partial charge in [0.25, 0.3) is 17.9 Å². The fourth-order valence-electron chi connectivity index (χ4n) is 2.86. The molecular formula is C21H17F5N4O3. The third kappa shape index (κ3) is 6.19. The molecule has 0 aliphatic rings. The second-order valence-electron chi connectivity index (χ2n) is 6.97. The highest BCUT2D eigenvalue weighted by Crippen LogP contribution is 2.24. The van der Waals surface area contributed by atoms with Crippen molar-refractivity contribution in [3.05, 3.63) is 76.3 Å². The molecular weight excluding hydrogens is 451 g/mol. The van der Waals surface area contributed by atoms with Crippen LogP contribution in [0.3, 0.4) is 0 Å². The van der Waals surface area contributed by atoms with Gasteiger partial charge in [-0.05, 0) is 23.8 Å². The molecule has 2 N–H and O–H groups in total. The SMILES string of the molecule is O=C(NCC(O)C(F)F)c1cc(-c2ccc(CC(F)(F)F)cc2)nn(-c2cccnc2)c1=O. The minimum atomic E-state index is -4.39. The first-order chi connectivity index (χ1) is 15.5. The van der Waals surface area contributed by atoms with Gasteiger partial charge in [0.05, 0.1) is 24.0 Å². The number of rotatable bonds is 7. The lowest BCUT2D eigenvalue weighted by Crippen LogP contribution is -2.39. The maximum atomic E-state index is 12.9. The summed E-state index contributed by atoms with van der Waals surface area (Å²) < 4.78 is 63.7. The molecule has 1 atom stereocenters. The number of amides is 1. The quantitative estimate of drug-likeness (QED) is 0.520. The van der Waals surface area contributed by atoms with Gasteiger partial charge in [0.2, 0.25) is 0 Å². The van der Waals surface area contributed by atoms with E-state index in [0.717, 1.165) is 10.7 Å². The van der Waals surface area contributed by atoms with E-state index in [4.69, 9.17) is 0 Å². The number of aliphatic hydroxyl groups is 1. The number of hydrogen-bond acceptors (Lipinski definition) is 5. The second kappa shape index (κ2) is 9.86. The number of nitrogens with zero attached hydrogens (tertiary/aromatic N) is 3. The van der Waals surface area contributed by atoms with Crippen LogP contribution in [-0.2, 0) is 6.42 Å². The molecule has 0 saturated carbocycles. The summed E-state index contributed by atoms with van der Waals surface area (Å²) in [6.45, 7) is -0.799. The normalized spacial score (nSPS) is 12.6. The Labute approximate surface area is 183 Å². The van der Waals surface area contributed by atoms with Crippen molar-refractivity contribution in [3.8, 4) is 16.9 Å². The topological polar surface area (TPSA) is 97.1 Å². The van der Waals surface area contributed by atoms with Gasteiger partial charge in [-0.15, -0.1) is 0 Å². The monoisotopic (exact) mass is 468 g/mol. The molecule has 0 spiro atoms. The number of aliphatic hydroxyl groups excluding tert-OH is 1. The summed E-state index contributed by atoms with van der Waals surface area (Å²) in [5.74, 6) is -1.03. The van der Waals surface area contributed by atoms with Crippen molar-refractivity contribution < 1.29 is 31.9 Å². The predicted octanol–water partition coefficient (Wildman–Crippen LogP) is 2.76. The number of carbonyl (C=O) groups excluding carboxylic acids is 1. The van der Waals surface area contributed by atoms with Crippen molar-refractivity contribution in [2.75, 3.05) is 6.54 Å². The lowest BCUT2D eigenvalue weighted by molar-refractivity contribution is -0.127. The Morgan fingerprint density at radius 1 is 1.15 bits per heavy atom. The van der Waals surface area contributed by atoms with Crippen LogP contribution in [0.4, 0.5) is 22.0 Å². The highest BCUT2D eigenvalue weighted by Gasteiger charge is 2.27.